The Hall–Kier alpha value is -6.41. The smallest absolute Gasteiger partial charge is 0.200 e. The second kappa shape index (κ2) is 19.7. The highest BCUT2D eigenvalue weighted by Gasteiger charge is 2.52. The van der Waals surface area contributed by atoms with Crippen LogP contribution in [-0.4, -0.2) is 12.8 Å². The van der Waals surface area contributed by atoms with Gasteiger partial charge in [0.1, 0.15) is 62.2 Å². The molecular weight excluding hydrogens is 978 g/mol. The van der Waals surface area contributed by atoms with E-state index in [4.69, 9.17) is 4.52 Å². The first kappa shape index (κ1) is 51.0. The van der Waals surface area contributed by atoms with Crippen LogP contribution in [0.2, 0.25) is 0 Å². The number of hydrogen-bond donors (Lipinski definition) is 0. The Morgan fingerprint density at radius 3 is 0.647 bits per heavy atom. The molecule has 356 valence electrons. The molecule has 0 bridgehead atoms. The minimum atomic E-state index is -7.22. The van der Waals surface area contributed by atoms with E-state index in [1.807, 2.05) is 0 Å². The summed E-state index contributed by atoms with van der Waals surface area (Å²) < 4.78 is 299. The van der Waals surface area contributed by atoms with Crippen LogP contribution in [0, 0.1) is 116 Å². The van der Waals surface area contributed by atoms with E-state index in [2.05, 4.69) is 91.0 Å². The molecule has 7 aromatic carbocycles. The van der Waals surface area contributed by atoms with E-state index >= 15 is 35.1 Å². The van der Waals surface area contributed by atoms with Crippen molar-refractivity contribution in [3.05, 3.63) is 224 Å². The summed E-state index contributed by atoms with van der Waals surface area (Å²) in [5.74, 6) is -71.4. The Balaban J connectivity index is 0.000000276. The Kier molecular flexibility index (Phi) is 14.8. The van der Waals surface area contributed by atoms with Crippen LogP contribution in [0.15, 0.2) is 91.0 Å². The minimum Gasteiger partial charge on any atom is -0.246 e. The fraction of sp³-hybridized carbons (Fsp3) is 0.0667. The summed E-state index contributed by atoms with van der Waals surface area (Å²) in [6, 6.07) is 32.2. The highest BCUT2D eigenvalue weighted by molar-refractivity contribution is 7.20. The second-order valence-electron chi connectivity index (χ2n) is 14.5. The van der Waals surface area contributed by atoms with Crippen molar-refractivity contribution >= 4 is 37.5 Å². The zero-order chi connectivity index (χ0) is 50.3. The number of halogens is 20. The van der Waals surface area contributed by atoms with Crippen molar-refractivity contribution in [3.63, 3.8) is 0 Å². The predicted molar refractivity (Wildman–Crippen MR) is 210 cm³/mol. The molecule has 0 fully saturated rings. The van der Waals surface area contributed by atoms with Crippen molar-refractivity contribution in [1.29, 1.82) is 0 Å². The quantitative estimate of drug-likeness (QED) is 0.0331. The predicted octanol–water partition coefficient (Wildman–Crippen LogP) is 10.8. The molecule has 0 saturated heterocycles. The summed E-state index contributed by atoms with van der Waals surface area (Å²) in [6.45, 7) is 0.719. The lowest BCUT2D eigenvalue weighted by atomic mass is 9.12. The van der Waals surface area contributed by atoms with Crippen LogP contribution < -0.4 is 21.9 Å². The SMILES string of the molecule is Fc1c(F)c(F)c([B-](c2c(F)c(F)c(F)c(F)c2F)(c2c(F)c(F)c(F)c(F)c2F)c2c(F)c(F)c(F)c(F)c2F)c(F)c1F.[PH3+]OCCC(c1ccccc1)(c1ccccc1)c1ccccc1. The van der Waals surface area contributed by atoms with Crippen molar-refractivity contribution in [3.8, 4) is 0 Å². The van der Waals surface area contributed by atoms with Crippen LogP contribution in [-0.2, 0) is 9.94 Å². The molecule has 1 unspecified atom stereocenters. The monoisotopic (exact) mass is 1000 g/mol. The van der Waals surface area contributed by atoms with E-state index in [0.717, 1.165) is 13.0 Å². The zero-order valence-electron chi connectivity index (χ0n) is 33.3. The van der Waals surface area contributed by atoms with Gasteiger partial charge in [0.15, 0.2) is 69.8 Å². The van der Waals surface area contributed by atoms with E-state index in [1.165, 1.54) is 16.7 Å². The molecule has 0 spiro atoms. The topological polar surface area (TPSA) is 9.23 Å². The van der Waals surface area contributed by atoms with Crippen molar-refractivity contribution < 1.29 is 92.3 Å². The zero-order valence-corrected chi connectivity index (χ0v) is 34.7. The first-order valence-electron chi connectivity index (χ1n) is 18.8. The molecule has 0 N–H and O–H groups in total. The molecule has 0 radical (unpaired) electrons. The number of hydrogen-bond acceptors (Lipinski definition) is 1. The summed E-state index contributed by atoms with van der Waals surface area (Å²) in [6.07, 6.45) is -6.31. The third kappa shape index (κ3) is 7.93. The molecule has 0 saturated carbocycles. The van der Waals surface area contributed by atoms with E-state index in [9.17, 15) is 52.7 Å². The van der Waals surface area contributed by atoms with Crippen molar-refractivity contribution in [1.82, 2.24) is 0 Å². The summed E-state index contributed by atoms with van der Waals surface area (Å²) in [5, 5.41) is 0. The lowest BCUT2D eigenvalue weighted by molar-refractivity contribution is 0.329. The van der Waals surface area contributed by atoms with Crippen LogP contribution in [0.5, 0.6) is 0 Å². The van der Waals surface area contributed by atoms with Gasteiger partial charge in [-0.3, -0.25) is 0 Å². The van der Waals surface area contributed by atoms with E-state index in [1.54, 1.807) is 9.47 Å². The average molecular weight is 1000 g/mol. The first-order chi connectivity index (χ1) is 32.1. The Labute approximate surface area is 371 Å². The maximum atomic E-state index is 15.4. The third-order valence-corrected chi connectivity index (χ3v) is 11.4. The number of rotatable bonds is 10. The lowest BCUT2D eigenvalue weighted by Crippen LogP contribution is -2.81. The van der Waals surface area contributed by atoms with Crippen LogP contribution in [0.25, 0.3) is 0 Å². The van der Waals surface area contributed by atoms with Crippen LogP contribution in [0.4, 0.5) is 87.8 Å². The number of benzene rings is 7. The molecule has 7 rings (SSSR count). The highest BCUT2D eigenvalue weighted by atomic mass is 31.0. The molecule has 68 heavy (non-hydrogen) atoms. The van der Waals surface area contributed by atoms with Crippen LogP contribution in [0.1, 0.15) is 23.1 Å². The summed E-state index contributed by atoms with van der Waals surface area (Å²) >= 11 is 0. The van der Waals surface area contributed by atoms with Gasteiger partial charge in [0.05, 0.1) is 6.61 Å². The molecule has 0 aliphatic carbocycles. The van der Waals surface area contributed by atoms with Crippen molar-refractivity contribution in [2.24, 2.45) is 0 Å². The summed E-state index contributed by atoms with van der Waals surface area (Å²) in [4.78, 5) is 0. The molecule has 0 aromatic heterocycles. The van der Waals surface area contributed by atoms with E-state index in [-0.39, 0.29) is 5.41 Å². The van der Waals surface area contributed by atoms with E-state index in [0.29, 0.717) is 0 Å². The molecule has 7 aromatic rings. The molecule has 0 amide bonds. The fourth-order valence-corrected chi connectivity index (χ4v) is 8.34. The minimum absolute atomic E-state index is 0.190. The van der Waals surface area contributed by atoms with Gasteiger partial charge >= 0.3 is 0 Å². The maximum absolute atomic E-state index is 15.4. The van der Waals surface area contributed by atoms with Gasteiger partial charge in [-0.15, -0.1) is 21.9 Å². The van der Waals surface area contributed by atoms with Gasteiger partial charge in [0.2, 0.25) is 0 Å². The summed E-state index contributed by atoms with van der Waals surface area (Å²) in [5.41, 5.74) is -10.6. The molecule has 1 nitrogen and oxygen atoms in total. The molecule has 23 heteroatoms. The largest absolute Gasteiger partial charge is 0.246 e. The third-order valence-electron chi connectivity index (χ3n) is 11.1. The van der Waals surface area contributed by atoms with Gasteiger partial charge in [-0.25, -0.2) is 92.3 Å². The molecule has 0 aliphatic heterocycles. The van der Waals surface area contributed by atoms with Gasteiger partial charge in [-0.05, 0) is 23.1 Å². The Bertz CT molecular complexity index is 2570. The molecule has 0 aliphatic rings. The van der Waals surface area contributed by atoms with Gasteiger partial charge in [0.25, 0.3) is 0 Å². The van der Waals surface area contributed by atoms with Crippen LogP contribution >= 0.6 is 9.47 Å². The van der Waals surface area contributed by atoms with Gasteiger partial charge in [-0.2, -0.15) is 0 Å². The van der Waals surface area contributed by atoms with Gasteiger partial charge in [0, 0.05) is 5.41 Å². The van der Waals surface area contributed by atoms with E-state index < -0.39 is 144 Å². The maximum Gasteiger partial charge on any atom is 0.200 e. The Morgan fingerprint density at radius 2 is 0.471 bits per heavy atom. The van der Waals surface area contributed by atoms with Crippen molar-refractivity contribution in [2.45, 2.75) is 11.8 Å². The van der Waals surface area contributed by atoms with Gasteiger partial charge < -0.3 is 0 Å². The first-order valence-corrected chi connectivity index (χ1v) is 19.4. The molecule has 0 heterocycles. The molecular formula is C45H22BF20OP. The average Bonchev–Trinajstić information content (AvgIpc) is 3.35. The Morgan fingerprint density at radius 1 is 0.294 bits per heavy atom. The lowest BCUT2D eigenvalue weighted by Gasteiger charge is -2.44. The normalized spacial score (nSPS) is 11.8. The second-order valence-corrected chi connectivity index (χ2v) is 14.9. The van der Waals surface area contributed by atoms with Gasteiger partial charge in [-0.1, -0.05) is 91.0 Å². The standard InChI is InChI=1S/C24BF20.C21H22OP/c26-5-1(6(27)14(35)21(42)13(5)34)25(2-7(28)15(36)22(43)16(37)8(2)29,3-9(30)17(38)23(44)18(39)10(3)31)4-11(32)19(40)24(45)20(41)12(4)33;23-22-17-16-21(18-10-4-1-5-11-18,19-12-6-2-7-13-19)20-14-8-3-9-15-20/h;1-15H,16-17H2,23H3/q-1;+1. The van der Waals surface area contributed by atoms with Crippen molar-refractivity contribution in [2.75, 3.05) is 6.61 Å². The summed E-state index contributed by atoms with van der Waals surface area (Å²) in [7, 11) is 1.57. The highest BCUT2D eigenvalue weighted by Crippen LogP contribution is 2.42. The van der Waals surface area contributed by atoms with Crippen LogP contribution in [0.3, 0.4) is 0 Å². The molecule has 1 atom stereocenters. The fourth-order valence-electron chi connectivity index (χ4n) is 8.20.